The van der Waals surface area contributed by atoms with Gasteiger partial charge in [-0.15, -0.1) is 0 Å². The Labute approximate surface area is 763 Å². The number of benzene rings is 24. The molecule has 2 aliphatic rings. The van der Waals surface area contributed by atoms with Crippen LogP contribution in [0.25, 0.3) is 274 Å². The van der Waals surface area contributed by atoms with Crippen LogP contribution in [0.15, 0.2) is 467 Å². The van der Waals surface area contributed by atoms with Gasteiger partial charge in [-0.2, -0.15) is 0 Å². The molecule has 4 aromatic heterocycles. The molecule has 30 rings (SSSR count). The van der Waals surface area contributed by atoms with Crippen molar-refractivity contribution in [1.29, 1.82) is 0 Å². The van der Waals surface area contributed by atoms with E-state index in [1.807, 2.05) is 0 Å². The second-order valence-electron chi connectivity index (χ2n) is 36.3. The zero-order valence-corrected chi connectivity index (χ0v) is 71.9. The van der Waals surface area contributed by atoms with Crippen molar-refractivity contribution in [3.63, 3.8) is 0 Å². The summed E-state index contributed by atoms with van der Waals surface area (Å²) in [6.45, 7) is 0. The maximum Gasteiger partial charge on any atom is 0.143 e. The molecular weight excluding hydrogens is 1610 g/mol. The van der Waals surface area contributed by atoms with Crippen LogP contribution >= 0.6 is 0 Å². The van der Waals surface area contributed by atoms with Gasteiger partial charge in [0.1, 0.15) is 44.7 Å². The highest BCUT2D eigenvalue weighted by Gasteiger charge is 2.52. The van der Waals surface area contributed by atoms with Crippen LogP contribution < -0.4 is 0 Å². The van der Waals surface area contributed by atoms with Gasteiger partial charge in [-0.25, -0.2) is 0 Å². The van der Waals surface area contributed by atoms with Gasteiger partial charge in [-0.05, 0) is 271 Å². The van der Waals surface area contributed by atoms with Crippen LogP contribution in [0.1, 0.15) is 22.3 Å². The Morgan fingerprint density at radius 2 is 0.338 bits per heavy atom. The van der Waals surface area contributed by atoms with Crippen molar-refractivity contribution in [2.45, 2.75) is 5.41 Å². The molecule has 24 aromatic carbocycles. The molecule has 0 atom stereocenters. The summed E-state index contributed by atoms with van der Waals surface area (Å²) in [5.74, 6) is 0. The smallest absolute Gasteiger partial charge is 0.143 e. The van der Waals surface area contributed by atoms with Crippen molar-refractivity contribution in [1.82, 2.24) is 0 Å². The summed E-state index contributed by atoms with van der Waals surface area (Å²) >= 11 is 0. The minimum absolute atomic E-state index is 0.547. The van der Waals surface area contributed by atoms with E-state index in [9.17, 15) is 0 Å². The molecule has 0 saturated heterocycles. The van der Waals surface area contributed by atoms with Crippen LogP contribution in [0.2, 0.25) is 0 Å². The lowest BCUT2D eigenvalue weighted by molar-refractivity contribution is 0.670. The van der Waals surface area contributed by atoms with E-state index >= 15 is 0 Å². The SMILES string of the molecule is c1ccc2c(c1)-c1ccccc1C21c2cc(-c3ccc(-c4cc5ccccc5c5c4oc4cc6ccccc6cc45)cc3)ccc2-c2ccc(-c3cc4ccccc4c4c3oc3cc5ccccc5cc34)cc21.c1ccc2cc3c(cc2c1)oc1c(-c2ccc(-c4ccc(-c5ccc(-c6cc7ccccc7c7c6oc6cc8ccccc8cc67)cc5)cc4)cc2)cc2ccccc2c13. The van der Waals surface area contributed by atoms with Crippen molar-refractivity contribution in [3.05, 3.63) is 471 Å². The quantitative estimate of drug-likeness (QED) is 0.160. The monoisotopic (exact) mass is 1690 g/mol. The van der Waals surface area contributed by atoms with Crippen LogP contribution in [0.3, 0.4) is 0 Å². The first kappa shape index (κ1) is 73.6. The van der Waals surface area contributed by atoms with Gasteiger partial charge >= 0.3 is 0 Å². The molecule has 2 aliphatic carbocycles. The molecule has 0 amide bonds. The zero-order valence-electron chi connectivity index (χ0n) is 71.9. The molecular formula is C129H74O4. The second-order valence-corrected chi connectivity index (χ2v) is 36.3. The Morgan fingerprint density at radius 1 is 0.128 bits per heavy atom. The summed E-state index contributed by atoms with van der Waals surface area (Å²) in [4.78, 5) is 0. The lowest BCUT2D eigenvalue weighted by atomic mass is 9.70. The Kier molecular flexibility index (Phi) is 15.6. The van der Waals surface area contributed by atoms with Gasteiger partial charge in [0.2, 0.25) is 0 Å². The minimum atomic E-state index is -0.547. The molecule has 0 radical (unpaired) electrons. The number of fused-ring (bicyclic) bond motifs is 34. The number of hydrogen-bond acceptors (Lipinski definition) is 4. The molecule has 0 saturated carbocycles. The third kappa shape index (κ3) is 11.0. The average molecular weight is 1690 g/mol. The molecule has 614 valence electrons. The van der Waals surface area contributed by atoms with Crippen molar-refractivity contribution in [2.24, 2.45) is 0 Å². The van der Waals surface area contributed by atoms with E-state index in [2.05, 4.69) is 449 Å². The maximum absolute atomic E-state index is 7.03. The molecule has 133 heavy (non-hydrogen) atoms. The summed E-state index contributed by atoms with van der Waals surface area (Å²) in [6.07, 6.45) is 0. The minimum Gasteiger partial charge on any atom is -0.455 e. The van der Waals surface area contributed by atoms with E-state index in [0.717, 1.165) is 121 Å². The van der Waals surface area contributed by atoms with Crippen LogP contribution in [-0.4, -0.2) is 0 Å². The molecule has 4 heterocycles. The summed E-state index contributed by atoms with van der Waals surface area (Å²) in [5.41, 5.74) is 33.1. The predicted octanol–water partition coefficient (Wildman–Crippen LogP) is 36.2. The van der Waals surface area contributed by atoms with Crippen LogP contribution in [0, 0.1) is 0 Å². The predicted molar refractivity (Wildman–Crippen MR) is 556 cm³/mol. The summed E-state index contributed by atoms with van der Waals surface area (Å²) in [5, 5.41) is 28.5. The van der Waals surface area contributed by atoms with E-state index in [1.165, 1.54) is 175 Å². The van der Waals surface area contributed by atoms with Gasteiger partial charge in [0.15, 0.2) is 0 Å². The Morgan fingerprint density at radius 3 is 0.639 bits per heavy atom. The Balaban J connectivity index is 0.000000133. The lowest BCUT2D eigenvalue weighted by Gasteiger charge is -2.31. The fraction of sp³-hybridized carbons (Fsp3) is 0.00775. The van der Waals surface area contributed by atoms with E-state index in [4.69, 9.17) is 17.7 Å². The van der Waals surface area contributed by atoms with Crippen molar-refractivity contribution >= 4 is 174 Å². The van der Waals surface area contributed by atoms with Crippen molar-refractivity contribution in [3.8, 4) is 100 Å². The molecule has 0 aliphatic heterocycles. The number of hydrogen-bond donors (Lipinski definition) is 0. The van der Waals surface area contributed by atoms with Crippen molar-refractivity contribution < 1.29 is 17.7 Å². The van der Waals surface area contributed by atoms with Gasteiger partial charge in [0, 0.05) is 65.3 Å². The number of furan rings is 4. The van der Waals surface area contributed by atoms with Gasteiger partial charge in [-0.1, -0.05) is 364 Å². The molecule has 0 N–H and O–H groups in total. The maximum atomic E-state index is 7.03. The molecule has 4 heteroatoms. The highest BCUT2D eigenvalue weighted by Crippen LogP contribution is 2.64. The van der Waals surface area contributed by atoms with Gasteiger partial charge < -0.3 is 17.7 Å². The van der Waals surface area contributed by atoms with Crippen LogP contribution in [0.5, 0.6) is 0 Å². The molecule has 28 aromatic rings. The third-order valence-electron chi connectivity index (χ3n) is 29.2. The molecule has 4 nitrogen and oxygen atoms in total. The Bertz CT molecular complexity index is 9580. The highest BCUT2D eigenvalue weighted by molar-refractivity contribution is 6.29. The van der Waals surface area contributed by atoms with E-state index in [-0.39, 0.29) is 0 Å². The summed E-state index contributed by atoms with van der Waals surface area (Å²) in [7, 11) is 0. The second kappa shape index (κ2) is 28.3. The first-order valence-electron chi connectivity index (χ1n) is 45.8. The standard InChI is InChI=1S/C71H40O2.C58H34O2/c1-3-15-45-39-65-59(33-43(45)13-1)67-51-19-7-5-17-48(51)35-57(69(67)72-65)42-27-25-41(26-28-42)47-29-31-55-56-32-30-50(38-64(56)71(63(55)37-47)61-23-11-9-21-53(61)54-22-10-12-24-62(54)71)58-36-49-18-6-8-20-52(49)68-60-34-44-14-2-4-16-46(44)40-66(60)73-70(58)68;1-3-11-43-33-53-51(29-41(43)9-1)55-47-15-7-5-13-45(47)31-49(57(55)59-53)39-25-21-37(22-26-39)35-17-19-36(20-18-35)38-23-27-40(28-24-38)50-32-46-14-6-8-16-48(46)56-52-30-42-10-2-4-12-44(42)34-54(52)60-58(50)56/h1-40H;1-34H. The molecule has 0 unspecified atom stereocenters. The zero-order chi connectivity index (χ0) is 86.8. The normalized spacial score (nSPS) is 12.7. The van der Waals surface area contributed by atoms with Crippen LogP contribution in [0.4, 0.5) is 0 Å². The number of rotatable bonds is 7. The van der Waals surface area contributed by atoms with Gasteiger partial charge in [-0.3, -0.25) is 0 Å². The fourth-order valence-corrected chi connectivity index (χ4v) is 23.0. The van der Waals surface area contributed by atoms with Gasteiger partial charge in [0.25, 0.3) is 0 Å². The van der Waals surface area contributed by atoms with E-state index in [1.54, 1.807) is 0 Å². The third-order valence-corrected chi connectivity index (χ3v) is 29.2. The van der Waals surface area contributed by atoms with Crippen molar-refractivity contribution in [2.75, 3.05) is 0 Å². The molecule has 0 fully saturated rings. The largest absolute Gasteiger partial charge is 0.455 e. The van der Waals surface area contributed by atoms with Gasteiger partial charge in [0.05, 0.1) is 5.41 Å². The lowest BCUT2D eigenvalue weighted by Crippen LogP contribution is -2.26. The topological polar surface area (TPSA) is 52.6 Å². The Hall–Kier alpha value is -17.4. The first-order valence-corrected chi connectivity index (χ1v) is 45.8. The van der Waals surface area contributed by atoms with E-state index < -0.39 is 5.41 Å². The summed E-state index contributed by atoms with van der Waals surface area (Å²) < 4.78 is 27.3. The van der Waals surface area contributed by atoms with E-state index in [0.29, 0.717) is 0 Å². The summed E-state index contributed by atoms with van der Waals surface area (Å²) in [6, 6.07) is 164. The molecule has 1 spiro atoms. The average Bonchev–Trinajstić information content (AvgIpc) is 1.50. The highest BCUT2D eigenvalue weighted by atomic mass is 16.3. The first-order chi connectivity index (χ1) is 65.8. The molecule has 0 bridgehead atoms. The van der Waals surface area contributed by atoms with Crippen LogP contribution in [-0.2, 0) is 5.41 Å². The fourth-order valence-electron chi connectivity index (χ4n) is 23.0.